The number of fused-ring (bicyclic) bond motifs is 6. The molecule has 0 bridgehead atoms. The molecule has 3 aromatic carbocycles. The van der Waals surface area contributed by atoms with E-state index in [0.717, 1.165) is 43.4 Å². The van der Waals surface area contributed by atoms with Crippen molar-refractivity contribution in [3.05, 3.63) is 122 Å². The van der Waals surface area contributed by atoms with Crippen molar-refractivity contribution in [2.24, 2.45) is 0 Å². The topological polar surface area (TPSA) is 44.5 Å². The van der Waals surface area contributed by atoms with E-state index in [1.165, 1.54) is 20.9 Å². The van der Waals surface area contributed by atoms with Crippen molar-refractivity contribution in [1.29, 1.82) is 0 Å². The Morgan fingerprint density at radius 1 is 0.475 bits per heavy atom. The first-order chi connectivity index (χ1) is 19.8. The Kier molecular flexibility index (Phi) is 4.55. The van der Waals surface area contributed by atoms with Crippen LogP contribution in [-0.4, -0.2) is 28.4 Å². The Bertz CT molecular complexity index is 2160. The number of imidazole rings is 2. The lowest BCUT2D eigenvalue weighted by Gasteiger charge is -2.10. The average Bonchev–Trinajstić information content (AvgIpc) is 3.82. The maximum atomic E-state index is 4.67. The van der Waals surface area contributed by atoms with E-state index in [-0.39, 0.29) is 0 Å². The molecule has 0 radical (unpaired) electrons. The van der Waals surface area contributed by atoms with Crippen molar-refractivity contribution >= 4 is 54.7 Å². The van der Waals surface area contributed by atoms with Crippen molar-refractivity contribution in [3.8, 4) is 32.3 Å². The highest BCUT2D eigenvalue weighted by Crippen LogP contribution is 2.39. The van der Waals surface area contributed by atoms with E-state index in [4.69, 9.17) is 0 Å². The maximum absolute atomic E-state index is 4.67. The quantitative estimate of drug-likeness (QED) is 0.220. The van der Waals surface area contributed by atoms with Crippen molar-refractivity contribution in [1.82, 2.24) is 28.4 Å². The predicted octanol–water partition coefficient (Wildman–Crippen LogP) is 8.33. The molecule has 0 amide bonds. The minimum absolute atomic E-state index is 1.05. The molecule has 0 spiro atoms. The predicted molar refractivity (Wildman–Crippen MR) is 164 cm³/mol. The van der Waals surface area contributed by atoms with Gasteiger partial charge in [0, 0.05) is 33.3 Å². The summed E-state index contributed by atoms with van der Waals surface area (Å²) in [6.45, 7) is 0. The second kappa shape index (κ2) is 8.29. The first-order valence-corrected chi connectivity index (χ1v) is 14.6. The molecule has 190 valence electrons. The van der Waals surface area contributed by atoms with Gasteiger partial charge in [-0.3, -0.25) is 9.13 Å². The lowest BCUT2D eigenvalue weighted by atomic mass is 10.2. The largest absolute Gasteiger partial charge is 0.292 e. The van der Waals surface area contributed by atoms with Gasteiger partial charge >= 0.3 is 0 Å². The van der Waals surface area contributed by atoms with Gasteiger partial charge in [0.1, 0.15) is 21.0 Å². The summed E-state index contributed by atoms with van der Waals surface area (Å²) in [5.41, 5.74) is 9.01. The van der Waals surface area contributed by atoms with Crippen molar-refractivity contribution in [3.63, 3.8) is 0 Å². The van der Waals surface area contributed by atoms with Gasteiger partial charge in [0.25, 0.3) is 0 Å². The minimum Gasteiger partial charge on any atom is -0.292 e. The van der Waals surface area contributed by atoms with Crippen LogP contribution in [0.1, 0.15) is 0 Å². The van der Waals surface area contributed by atoms with Gasteiger partial charge in [-0.1, -0.05) is 66.7 Å². The van der Waals surface area contributed by atoms with E-state index in [1.807, 2.05) is 21.4 Å². The summed E-state index contributed by atoms with van der Waals surface area (Å²) in [6.07, 6.45) is 3.75. The second-order valence-electron chi connectivity index (χ2n) is 9.73. The Hall–Kier alpha value is -4.92. The van der Waals surface area contributed by atoms with E-state index in [2.05, 4.69) is 129 Å². The fourth-order valence-corrected chi connectivity index (χ4v) is 7.89. The molecule has 0 aliphatic carbocycles. The normalized spacial score (nSPS) is 12.0. The highest BCUT2D eigenvalue weighted by Gasteiger charge is 2.20. The molecular formula is C32H20N6S2. The average molecular weight is 553 g/mol. The Morgan fingerprint density at radius 2 is 0.950 bits per heavy atom. The first kappa shape index (κ1) is 22.0. The van der Waals surface area contributed by atoms with Crippen LogP contribution in [0, 0.1) is 0 Å². The molecule has 0 aliphatic heterocycles. The van der Waals surface area contributed by atoms with Gasteiger partial charge in [-0.15, -0.1) is 22.7 Å². The smallest absolute Gasteiger partial charge is 0.144 e. The molecule has 40 heavy (non-hydrogen) atoms. The third kappa shape index (κ3) is 3.08. The third-order valence-corrected chi connectivity index (χ3v) is 9.72. The fraction of sp³-hybridized carbons (Fsp3) is 0. The van der Waals surface area contributed by atoms with Gasteiger partial charge in [-0.2, -0.15) is 10.2 Å². The molecule has 0 N–H and O–H groups in total. The lowest BCUT2D eigenvalue weighted by Crippen LogP contribution is -1.98. The number of nitrogens with zero attached hydrogens (tertiary/aromatic N) is 6. The summed E-state index contributed by atoms with van der Waals surface area (Å²) in [4.78, 5) is 4.73. The Labute approximate surface area is 236 Å². The summed E-state index contributed by atoms with van der Waals surface area (Å²) in [6, 6.07) is 38.6. The van der Waals surface area contributed by atoms with Crippen LogP contribution in [-0.2, 0) is 0 Å². The van der Waals surface area contributed by atoms with E-state index >= 15 is 0 Å². The molecule has 6 nitrogen and oxygen atoms in total. The van der Waals surface area contributed by atoms with Crippen LogP contribution >= 0.6 is 22.7 Å². The Morgan fingerprint density at radius 3 is 1.43 bits per heavy atom. The van der Waals surface area contributed by atoms with Gasteiger partial charge in [-0.25, -0.2) is 9.03 Å². The molecule has 0 unspecified atom stereocenters. The van der Waals surface area contributed by atoms with Gasteiger partial charge < -0.3 is 0 Å². The number of rotatable bonds is 4. The van der Waals surface area contributed by atoms with Crippen molar-refractivity contribution in [2.75, 3.05) is 0 Å². The van der Waals surface area contributed by atoms with Gasteiger partial charge in [0.15, 0.2) is 0 Å². The molecule has 0 saturated carbocycles. The third-order valence-electron chi connectivity index (χ3n) is 7.42. The van der Waals surface area contributed by atoms with Gasteiger partial charge in [0.2, 0.25) is 0 Å². The summed E-state index contributed by atoms with van der Waals surface area (Å²) in [5, 5.41) is 9.34. The molecule has 0 aliphatic rings. The lowest BCUT2D eigenvalue weighted by molar-refractivity contribution is 0.991. The molecular weight excluding hydrogens is 533 g/mol. The van der Waals surface area contributed by atoms with Crippen LogP contribution in [0.25, 0.3) is 64.2 Å². The van der Waals surface area contributed by atoms with Crippen molar-refractivity contribution < 1.29 is 0 Å². The molecule has 8 heteroatoms. The molecule has 0 atom stereocenters. The fourth-order valence-electron chi connectivity index (χ4n) is 5.66. The molecule has 9 aromatic rings. The second-order valence-corrected chi connectivity index (χ2v) is 11.8. The standard InChI is InChI=1S/C32H20N6S2/c1-3-8-21(9-4-1)27-19-25-31(39-27)37-29(14-16-33-37)35(25)23-12-7-13-24(18-23)36-26-20-28(22-10-5-2-6-11-22)40-32(26)38-30(36)15-17-34-38/h1-20H. The van der Waals surface area contributed by atoms with Gasteiger partial charge in [0.05, 0.1) is 23.4 Å². The SMILES string of the molecule is c1ccc(-c2cc3c(s2)n2nccc2n3-c2cccc(-n3c4cc(-c5ccccc5)sc4n4nccc34)c2)cc1. The van der Waals surface area contributed by atoms with Crippen LogP contribution in [0.4, 0.5) is 0 Å². The zero-order valence-electron chi connectivity index (χ0n) is 21.0. The highest BCUT2D eigenvalue weighted by atomic mass is 32.1. The van der Waals surface area contributed by atoms with E-state index in [9.17, 15) is 0 Å². The zero-order chi connectivity index (χ0) is 26.2. The van der Waals surface area contributed by atoms with E-state index < -0.39 is 0 Å². The number of aromatic nitrogens is 6. The Balaban J connectivity index is 1.26. The number of hydrogen-bond donors (Lipinski definition) is 0. The van der Waals surface area contributed by atoms with E-state index in [1.54, 1.807) is 22.7 Å². The number of benzene rings is 3. The number of thiophene rings is 2. The summed E-state index contributed by atoms with van der Waals surface area (Å²) >= 11 is 3.54. The van der Waals surface area contributed by atoms with Crippen LogP contribution in [0.15, 0.2) is 122 Å². The summed E-state index contributed by atoms with van der Waals surface area (Å²) < 4.78 is 8.72. The molecule has 6 aromatic heterocycles. The molecule has 6 heterocycles. The van der Waals surface area contributed by atoms with E-state index in [0.29, 0.717) is 0 Å². The molecule has 9 rings (SSSR count). The summed E-state index contributed by atoms with van der Waals surface area (Å²) in [5.74, 6) is 0. The van der Waals surface area contributed by atoms with Crippen LogP contribution in [0.5, 0.6) is 0 Å². The molecule has 0 saturated heterocycles. The highest BCUT2D eigenvalue weighted by molar-refractivity contribution is 7.22. The van der Waals surface area contributed by atoms with Crippen LogP contribution in [0.2, 0.25) is 0 Å². The monoisotopic (exact) mass is 552 g/mol. The zero-order valence-corrected chi connectivity index (χ0v) is 22.7. The minimum atomic E-state index is 1.05. The van der Waals surface area contributed by atoms with Crippen molar-refractivity contribution in [2.45, 2.75) is 0 Å². The van der Waals surface area contributed by atoms with Crippen LogP contribution in [0.3, 0.4) is 0 Å². The first-order valence-electron chi connectivity index (χ1n) is 13.0. The maximum Gasteiger partial charge on any atom is 0.144 e. The number of hydrogen-bond acceptors (Lipinski definition) is 4. The summed E-state index contributed by atoms with van der Waals surface area (Å²) in [7, 11) is 0. The van der Waals surface area contributed by atoms with Crippen LogP contribution < -0.4 is 0 Å². The van der Waals surface area contributed by atoms with Gasteiger partial charge in [-0.05, 0) is 41.5 Å². The molecule has 0 fully saturated rings.